The largest absolute Gasteiger partial charge is 0.390 e. The molecule has 160 valence electrons. The van der Waals surface area contributed by atoms with Crippen LogP contribution in [0.3, 0.4) is 0 Å². The van der Waals surface area contributed by atoms with E-state index in [1.165, 1.54) is 0 Å². The van der Waals surface area contributed by atoms with Gasteiger partial charge in [0.25, 0.3) is 5.91 Å². The quantitative estimate of drug-likeness (QED) is 0.580. The number of carbonyl (C=O) groups is 2. The maximum atomic E-state index is 13.3. The molecule has 3 amide bonds. The first kappa shape index (κ1) is 21.0. The van der Waals surface area contributed by atoms with E-state index in [0.717, 1.165) is 26.8 Å². The third-order valence-corrected chi connectivity index (χ3v) is 5.81. The second-order valence-corrected chi connectivity index (χ2v) is 8.33. The number of aliphatic hydroxyl groups is 1. The van der Waals surface area contributed by atoms with Crippen molar-refractivity contribution in [3.63, 3.8) is 0 Å². The summed E-state index contributed by atoms with van der Waals surface area (Å²) >= 11 is 0. The second-order valence-electron chi connectivity index (χ2n) is 8.33. The van der Waals surface area contributed by atoms with E-state index < -0.39 is 17.7 Å². The zero-order chi connectivity index (χ0) is 22.0. The summed E-state index contributed by atoms with van der Waals surface area (Å²) in [5, 5.41) is 15.4. The summed E-state index contributed by atoms with van der Waals surface area (Å²) < 4.78 is 0. The monoisotopic (exact) mass is 417 g/mol. The number of nitrogens with one attached hydrogen (secondary N) is 1. The zero-order valence-electron chi connectivity index (χ0n) is 17.8. The van der Waals surface area contributed by atoms with E-state index in [0.29, 0.717) is 13.1 Å². The van der Waals surface area contributed by atoms with Gasteiger partial charge in [-0.2, -0.15) is 0 Å². The van der Waals surface area contributed by atoms with Gasteiger partial charge in [0.15, 0.2) is 0 Å². The minimum atomic E-state index is -1.17. The van der Waals surface area contributed by atoms with Crippen molar-refractivity contribution < 1.29 is 14.7 Å². The molecule has 6 heteroatoms. The van der Waals surface area contributed by atoms with Crippen molar-refractivity contribution in [2.45, 2.75) is 25.1 Å². The third-order valence-electron chi connectivity index (χ3n) is 5.81. The molecule has 4 rings (SSSR count). The fraction of sp³-hybridized carbons (Fsp3) is 0.280. The molecule has 2 N–H and O–H groups in total. The van der Waals surface area contributed by atoms with Gasteiger partial charge in [0, 0.05) is 13.1 Å². The van der Waals surface area contributed by atoms with Crippen LogP contribution in [-0.4, -0.2) is 53.1 Å². The van der Waals surface area contributed by atoms with Crippen LogP contribution in [0, 0.1) is 0 Å². The molecule has 0 aliphatic carbocycles. The summed E-state index contributed by atoms with van der Waals surface area (Å²) in [6.45, 7) is 2.69. The minimum Gasteiger partial charge on any atom is -0.390 e. The molecular formula is C25H27N3O3. The van der Waals surface area contributed by atoms with E-state index in [-0.39, 0.29) is 12.5 Å². The second kappa shape index (κ2) is 8.49. The summed E-state index contributed by atoms with van der Waals surface area (Å²) in [4.78, 5) is 29.1. The maximum absolute atomic E-state index is 13.3. The van der Waals surface area contributed by atoms with Gasteiger partial charge in [-0.3, -0.25) is 14.6 Å². The average Bonchev–Trinajstić information content (AvgIpc) is 2.97. The topological polar surface area (TPSA) is 72.9 Å². The molecule has 0 spiro atoms. The smallest absolute Gasteiger partial charge is 0.325 e. The highest BCUT2D eigenvalue weighted by Crippen LogP contribution is 2.33. The van der Waals surface area contributed by atoms with Crippen LogP contribution in [0.1, 0.15) is 18.1 Å². The number of fused-ring (bicyclic) bond motifs is 1. The normalized spacial score (nSPS) is 19.8. The first-order chi connectivity index (χ1) is 14.9. The van der Waals surface area contributed by atoms with E-state index in [2.05, 4.69) is 5.32 Å². The molecule has 2 atom stereocenters. The van der Waals surface area contributed by atoms with Gasteiger partial charge in [-0.15, -0.1) is 0 Å². The highest BCUT2D eigenvalue weighted by Gasteiger charge is 2.49. The number of aliphatic hydroxyl groups excluding tert-OH is 1. The lowest BCUT2D eigenvalue weighted by Gasteiger charge is -2.25. The first-order valence-electron chi connectivity index (χ1n) is 10.4. The first-order valence-corrected chi connectivity index (χ1v) is 10.4. The molecule has 31 heavy (non-hydrogen) atoms. The zero-order valence-corrected chi connectivity index (χ0v) is 17.8. The van der Waals surface area contributed by atoms with Crippen LogP contribution in [0.2, 0.25) is 0 Å². The van der Waals surface area contributed by atoms with Crippen LogP contribution >= 0.6 is 0 Å². The molecule has 3 aromatic rings. The van der Waals surface area contributed by atoms with Gasteiger partial charge in [-0.25, -0.2) is 4.79 Å². The van der Waals surface area contributed by atoms with Crippen LogP contribution in [0.5, 0.6) is 0 Å². The lowest BCUT2D eigenvalue weighted by molar-refractivity contribution is -0.132. The maximum Gasteiger partial charge on any atom is 0.325 e. The summed E-state index contributed by atoms with van der Waals surface area (Å²) in [5.74, 6) is -0.349. The minimum absolute atomic E-state index is 0.0514. The van der Waals surface area contributed by atoms with Gasteiger partial charge >= 0.3 is 6.03 Å². The Kier molecular flexibility index (Phi) is 5.76. The molecule has 1 saturated heterocycles. The molecular weight excluding hydrogens is 390 g/mol. The van der Waals surface area contributed by atoms with Crippen LogP contribution in [0.4, 0.5) is 4.79 Å². The van der Waals surface area contributed by atoms with Gasteiger partial charge in [-0.1, -0.05) is 72.8 Å². The van der Waals surface area contributed by atoms with Gasteiger partial charge < -0.3 is 10.4 Å². The molecule has 1 aliphatic rings. The lowest BCUT2D eigenvalue weighted by Crippen LogP contribution is -2.44. The van der Waals surface area contributed by atoms with Crippen LogP contribution < -0.4 is 5.32 Å². The number of likely N-dealkylation sites (N-methyl/N-ethyl adjacent to an activating group) is 1. The van der Waals surface area contributed by atoms with Crippen molar-refractivity contribution in [2.24, 2.45) is 0 Å². The van der Waals surface area contributed by atoms with Crippen molar-refractivity contribution >= 4 is 22.7 Å². The molecule has 0 bridgehead atoms. The van der Waals surface area contributed by atoms with Gasteiger partial charge in [0.05, 0.1) is 12.6 Å². The average molecular weight is 418 g/mol. The van der Waals surface area contributed by atoms with Crippen molar-refractivity contribution in [3.8, 4) is 0 Å². The van der Waals surface area contributed by atoms with E-state index >= 15 is 0 Å². The Labute approximate surface area is 182 Å². The Bertz CT molecular complexity index is 1100. The highest BCUT2D eigenvalue weighted by atomic mass is 16.3. The molecule has 2 unspecified atom stereocenters. The summed E-state index contributed by atoms with van der Waals surface area (Å²) in [6, 6.07) is 23.0. The summed E-state index contributed by atoms with van der Waals surface area (Å²) in [7, 11) is 1.91. The van der Waals surface area contributed by atoms with E-state index in [1.54, 1.807) is 6.92 Å². The molecule has 1 fully saturated rings. The molecule has 0 radical (unpaired) electrons. The number of carbonyl (C=O) groups excluding carboxylic acids is 2. The highest BCUT2D eigenvalue weighted by molar-refractivity contribution is 6.09. The van der Waals surface area contributed by atoms with E-state index in [9.17, 15) is 14.7 Å². The van der Waals surface area contributed by atoms with Crippen molar-refractivity contribution in [1.82, 2.24) is 15.1 Å². The predicted octanol–water partition coefficient (Wildman–Crippen LogP) is 3.10. The molecule has 0 aromatic heterocycles. The van der Waals surface area contributed by atoms with Gasteiger partial charge in [0.1, 0.15) is 5.54 Å². The summed E-state index contributed by atoms with van der Waals surface area (Å²) in [6.07, 6.45) is -0.849. The van der Waals surface area contributed by atoms with Gasteiger partial charge in [0.2, 0.25) is 0 Å². The van der Waals surface area contributed by atoms with E-state index in [1.807, 2.05) is 84.7 Å². The number of imide groups is 1. The van der Waals surface area contributed by atoms with Crippen LogP contribution in [-0.2, 0) is 16.9 Å². The van der Waals surface area contributed by atoms with E-state index in [4.69, 9.17) is 0 Å². The number of rotatable bonds is 7. The van der Waals surface area contributed by atoms with Crippen LogP contribution in [0.25, 0.3) is 10.8 Å². The molecule has 3 aromatic carbocycles. The van der Waals surface area contributed by atoms with Crippen molar-refractivity contribution in [1.29, 1.82) is 0 Å². The third kappa shape index (κ3) is 4.17. The number of β-amino-alcohol motifs (C(OH)–C–C–N with tert-alkyl or cyclic N) is 1. The van der Waals surface area contributed by atoms with Crippen LogP contribution in [0.15, 0.2) is 72.8 Å². The molecule has 6 nitrogen and oxygen atoms in total. The Balaban J connectivity index is 1.48. The molecule has 1 heterocycles. The fourth-order valence-corrected chi connectivity index (χ4v) is 4.29. The number of hydrogen-bond acceptors (Lipinski definition) is 4. The Morgan fingerprint density at radius 1 is 1.00 bits per heavy atom. The molecule has 1 aliphatic heterocycles. The number of urea groups is 1. The Morgan fingerprint density at radius 2 is 1.68 bits per heavy atom. The predicted molar refractivity (Wildman–Crippen MR) is 120 cm³/mol. The Morgan fingerprint density at radius 3 is 2.45 bits per heavy atom. The lowest BCUT2D eigenvalue weighted by atomic mass is 9.88. The van der Waals surface area contributed by atoms with Crippen molar-refractivity contribution in [2.75, 3.05) is 20.1 Å². The number of nitrogens with zero attached hydrogens (tertiary/aromatic N) is 2. The number of hydrogen-bond donors (Lipinski definition) is 2. The number of benzene rings is 3. The fourth-order valence-electron chi connectivity index (χ4n) is 4.29. The number of amides is 3. The Hall–Kier alpha value is -3.22. The van der Waals surface area contributed by atoms with Gasteiger partial charge in [-0.05, 0) is 35.9 Å². The SMILES string of the molecule is CN(Cc1ccccc1)CC(O)CN1C(=O)NC(C)(c2cccc3ccccc23)C1=O. The summed E-state index contributed by atoms with van der Waals surface area (Å²) in [5.41, 5.74) is 0.714. The molecule has 0 saturated carbocycles. The van der Waals surface area contributed by atoms with Crippen molar-refractivity contribution in [3.05, 3.63) is 83.9 Å². The standard InChI is InChI=1S/C25H27N3O3/c1-25(22-14-8-12-19-11-6-7-13-21(19)22)23(30)28(24(31)26-25)17-20(29)16-27(2)15-18-9-4-3-5-10-18/h3-14,20,29H,15-17H2,1-2H3,(H,26,31).